The predicted octanol–water partition coefficient (Wildman–Crippen LogP) is 4.91. The van der Waals surface area contributed by atoms with Crippen molar-refractivity contribution in [1.29, 1.82) is 0 Å². The molecule has 0 bridgehead atoms. The molecule has 2 nitrogen and oxygen atoms in total. The molecule has 0 unspecified atom stereocenters. The number of halogens is 3. The van der Waals surface area contributed by atoms with Crippen LogP contribution in [0.2, 0.25) is 10.0 Å². The van der Waals surface area contributed by atoms with Crippen LogP contribution in [0.25, 0.3) is 0 Å². The Morgan fingerprint density at radius 2 is 1.95 bits per heavy atom. The fourth-order valence-electron chi connectivity index (χ4n) is 1.63. The summed E-state index contributed by atoms with van der Waals surface area (Å²) in [4.78, 5) is 11.2. The lowest BCUT2D eigenvalue weighted by molar-refractivity contribution is 0.101. The van der Waals surface area contributed by atoms with Crippen molar-refractivity contribution in [2.75, 3.05) is 0 Å². The lowest BCUT2D eigenvalue weighted by Crippen LogP contribution is -2.00. The average Bonchev–Trinajstić information content (AvgIpc) is 2.38. The molecule has 104 valence electrons. The van der Waals surface area contributed by atoms with Gasteiger partial charge >= 0.3 is 0 Å². The van der Waals surface area contributed by atoms with Gasteiger partial charge in [0.25, 0.3) is 0 Å². The highest BCUT2D eigenvalue weighted by molar-refractivity contribution is 6.32. The summed E-state index contributed by atoms with van der Waals surface area (Å²) in [6.45, 7) is 1.48. The van der Waals surface area contributed by atoms with E-state index in [-0.39, 0.29) is 12.4 Å². The topological polar surface area (TPSA) is 26.3 Å². The van der Waals surface area contributed by atoms with E-state index < -0.39 is 5.82 Å². The molecule has 0 saturated carbocycles. The molecule has 0 fully saturated rings. The summed E-state index contributed by atoms with van der Waals surface area (Å²) in [7, 11) is 0. The zero-order chi connectivity index (χ0) is 14.7. The summed E-state index contributed by atoms with van der Waals surface area (Å²) in [6, 6.07) is 9.09. The highest BCUT2D eigenvalue weighted by atomic mass is 35.5. The van der Waals surface area contributed by atoms with Crippen LogP contribution in [-0.4, -0.2) is 5.78 Å². The molecule has 0 aromatic heterocycles. The van der Waals surface area contributed by atoms with Crippen LogP contribution in [0.1, 0.15) is 22.8 Å². The highest BCUT2D eigenvalue weighted by Crippen LogP contribution is 2.27. The first-order valence-electron chi connectivity index (χ1n) is 5.84. The molecule has 0 atom stereocenters. The lowest BCUT2D eigenvalue weighted by atomic mass is 10.1. The van der Waals surface area contributed by atoms with Gasteiger partial charge < -0.3 is 4.74 Å². The number of hydrogen-bond acceptors (Lipinski definition) is 2. The summed E-state index contributed by atoms with van der Waals surface area (Å²) >= 11 is 11.7. The van der Waals surface area contributed by atoms with Gasteiger partial charge in [-0.25, -0.2) is 4.39 Å². The van der Waals surface area contributed by atoms with E-state index in [1.165, 1.54) is 19.1 Å². The van der Waals surface area contributed by atoms with Crippen molar-refractivity contribution in [1.82, 2.24) is 0 Å². The van der Waals surface area contributed by atoms with Gasteiger partial charge in [0.15, 0.2) is 5.78 Å². The van der Waals surface area contributed by atoms with Crippen LogP contribution >= 0.6 is 23.2 Å². The van der Waals surface area contributed by atoms with Crippen molar-refractivity contribution < 1.29 is 13.9 Å². The van der Waals surface area contributed by atoms with Gasteiger partial charge in [-0.15, -0.1) is 0 Å². The van der Waals surface area contributed by atoms with E-state index in [1.807, 2.05) is 0 Å². The van der Waals surface area contributed by atoms with E-state index in [0.717, 1.165) is 0 Å². The van der Waals surface area contributed by atoms with Gasteiger partial charge in [-0.2, -0.15) is 0 Å². The van der Waals surface area contributed by atoms with Gasteiger partial charge in [-0.05, 0) is 37.3 Å². The van der Waals surface area contributed by atoms with Gasteiger partial charge in [-0.3, -0.25) is 4.79 Å². The summed E-state index contributed by atoms with van der Waals surface area (Å²) in [5.41, 5.74) is 0.876. The van der Waals surface area contributed by atoms with E-state index in [2.05, 4.69) is 0 Å². The van der Waals surface area contributed by atoms with Crippen LogP contribution in [-0.2, 0) is 6.61 Å². The van der Waals surface area contributed by atoms with Gasteiger partial charge in [0.05, 0.1) is 5.02 Å². The van der Waals surface area contributed by atoms with Gasteiger partial charge in [0.1, 0.15) is 18.2 Å². The van der Waals surface area contributed by atoms with Crippen molar-refractivity contribution >= 4 is 29.0 Å². The Hall–Kier alpha value is -1.58. The Kier molecular flexibility index (Phi) is 4.63. The molecule has 0 saturated heterocycles. The number of ether oxygens (including phenoxy) is 1. The zero-order valence-electron chi connectivity index (χ0n) is 10.6. The number of benzene rings is 2. The first-order valence-corrected chi connectivity index (χ1v) is 6.60. The maximum Gasteiger partial charge on any atom is 0.159 e. The molecule has 20 heavy (non-hydrogen) atoms. The van der Waals surface area contributed by atoms with E-state index in [9.17, 15) is 9.18 Å². The first-order chi connectivity index (χ1) is 9.47. The molecule has 0 heterocycles. The highest BCUT2D eigenvalue weighted by Gasteiger charge is 2.08. The Balaban J connectivity index is 2.13. The molecule has 0 radical (unpaired) electrons. The molecule has 2 aromatic carbocycles. The fraction of sp³-hybridized carbons (Fsp3) is 0.133. The summed E-state index contributed by atoms with van der Waals surface area (Å²) in [5, 5.41) is 0.641. The molecule has 5 heteroatoms. The molecule has 2 rings (SSSR count). The fourth-order valence-corrected chi connectivity index (χ4v) is 2.03. The van der Waals surface area contributed by atoms with Crippen LogP contribution < -0.4 is 4.74 Å². The second-order valence-corrected chi connectivity index (χ2v) is 5.07. The maximum atomic E-state index is 13.6. The van der Waals surface area contributed by atoms with E-state index in [0.29, 0.717) is 26.9 Å². The number of carbonyl (C=O) groups excluding carboxylic acids is 1. The quantitative estimate of drug-likeness (QED) is 0.749. The third-order valence-electron chi connectivity index (χ3n) is 2.74. The molecule has 0 aliphatic rings. The zero-order valence-corrected chi connectivity index (χ0v) is 12.1. The third kappa shape index (κ3) is 3.50. The Morgan fingerprint density at radius 3 is 2.55 bits per heavy atom. The smallest absolute Gasteiger partial charge is 0.159 e. The summed E-state index contributed by atoms with van der Waals surface area (Å²) in [6.07, 6.45) is 0. The largest absolute Gasteiger partial charge is 0.487 e. The summed E-state index contributed by atoms with van der Waals surface area (Å²) < 4.78 is 19.0. The minimum absolute atomic E-state index is 0.0299. The number of carbonyl (C=O) groups is 1. The van der Waals surface area contributed by atoms with Crippen LogP contribution in [0, 0.1) is 5.82 Å². The van der Waals surface area contributed by atoms with Crippen molar-refractivity contribution in [2.45, 2.75) is 13.5 Å². The van der Waals surface area contributed by atoms with Crippen molar-refractivity contribution in [3.05, 3.63) is 63.4 Å². The van der Waals surface area contributed by atoms with Crippen LogP contribution in [0.5, 0.6) is 5.75 Å². The monoisotopic (exact) mass is 312 g/mol. The lowest BCUT2D eigenvalue weighted by Gasteiger charge is -2.09. The Bertz CT molecular complexity index is 656. The predicted molar refractivity (Wildman–Crippen MR) is 77.2 cm³/mol. The molecule has 0 amide bonds. The molecular weight excluding hydrogens is 302 g/mol. The van der Waals surface area contributed by atoms with Gasteiger partial charge in [0, 0.05) is 16.1 Å². The second-order valence-electron chi connectivity index (χ2n) is 4.23. The number of hydrogen-bond donors (Lipinski definition) is 0. The van der Waals surface area contributed by atoms with E-state index in [4.69, 9.17) is 27.9 Å². The third-order valence-corrected chi connectivity index (χ3v) is 3.27. The van der Waals surface area contributed by atoms with Gasteiger partial charge in [-0.1, -0.05) is 29.3 Å². The maximum absolute atomic E-state index is 13.6. The Morgan fingerprint density at radius 1 is 1.20 bits per heavy atom. The summed E-state index contributed by atoms with van der Waals surface area (Å²) in [5.74, 6) is -0.123. The van der Waals surface area contributed by atoms with Crippen LogP contribution in [0.15, 0.2) is 36.4 Å². The number of Topliss-reactive ketones (excluding diaryl/α,β-unsaturated/α-hetero) is 1. The van der Waals surface area contributed by atoms with Crippen LogP contribution in [0.3, 0.4) is 0 Å². The molecule has 0 aliphatic heterocycles. The van der Waals surface area contributed by atoms with Crippen LogP contribution in [0.4, 0.5) is 4.39 Å². The van der Waals surface area contributed by atoms with E-state index in [1.54, 1.807) is 24.3 Å². The first kappa shape index (κ1) is 14.8. The number of rotatable bonds is 4. The van der Waals surface area contributed by atoms with Crippen molar-refractivity contribution in [3.63, 3.8) is 0 Å². The van der Waals surface area contributed by atoms with Crippen molar-refractivity contribution in [2.24, 2.45) is 0 Å². The standard InChI is InChI=1S/C15H11Cl2FO2/c1-9(19)10-3-5-15(13(17)6-10)20-8-11-2-4-12(16)7-14(11)18/h2-7H,8H2,1H3. The van der Waals surface area contributed by atoms with Gasteiger partial charge in [0.2, 0.25) is 0 Å². The number of ketones is 1. The molecule has 0 N–H and O–H groups in total. The molecule has 0 spiro atoms. The Labute approximate surface area is 126 Å². The molecule has 0 aliphatic carbocycles. The minimum atomic E-state index is -0.436. The minimum Gasteiger partial charge on any atom is -0.487 e. The molecular formula is C15H11Cl2FO2. The SMILES string of the molecule is CC(=O)c1ccc(OCc2ccc(Cl)cc2F)c(Cl)c1. The second kappa shape index (κ2) is 6.25. The van der Waals surface area contributed by atoms with Crippen molar-refractivity contribution in [3.8, 4) is 5.75 Å². The normalized spacial score (nSPS) is 10.4. The van der Waals surface area contributed by atoms with E-state index >= 15 is 0 Å². The average molecular weight is 313 g/mol. The molecule has 2 aromatic rings.